The van der Waals surface area contributed by atoms with Crippen LogP contribution in [-0.4, -0.2) is 21.8 Å². The predicted octanol–water partition coefficient (Wildman–Crippen LogP) is 1.45. The molecule has 0 amide bonds. The van der Waals surface area contributed by atoms with Crippen LogP contribution in [-0.2, 0) is 4.79 Å². The van der Waals surface area contributed by atoms with Gasteiger partial charge in [-0.1, -0.05) is 0 Å². The fourth-order valence-corrected chi connectivity index (χ4v) is 1.53. The number of phenols is 1. The summed E-state index contributed by atoms with van der Waals surface area (Å²) in [6.45, 7) is 1.38. The number of carbonyl (C=O) groups excluding carboxylic acids is 2. The highest BCUT2D eigenvalue weighted by molar-refractivity contribution is 6.52. The topological polar surface area (TPSA) is 74.6 Å². The zero-order valence-corrected chi connectivity index (χ0v) is 7.94. The van der Waals surface area contributed by atoms with E-state index in [4.69, 9.17) is 0 Å². The number of fused-ring (bicyclic) bond motifs is 1. The summed E-state index contributed by atoms with van der Waals surface area (Å²) >= 11 is 0. The van der Waals surface area contributed by atoms with E-state index in [2.05, 4.69) is 0 Å². The van der Waals surface area contributed by atoms with Gasteiger partial charge >= 0.3 is 0 Å². The Bertz CT molecular complexity index is 511. The van der Waals surface area contributed by atoms with Gasteiger partial charge in [-0.05, 0) is 25.1 Å². The van der Waals surface area contributed by atoms with Gasteiger partial charge in [0.05, 0.1) is 0 Å². The number of aromatic hydroxyl groups is 1. The fraction of sp³-hybridized carbons (Fsp3) is 0.0909. The SMILES string of the molecule is CC1=C(O)c2cc(O)ccc2C(=O)C1=O. The second-order valence-electron chi connectivity index (χ2n) is 3.36. The third-order valence-corrected chi connectivity index (χ3v) is 2.40. The van der Waals surface area contributed by atoms with Crippen molar-refractivity contribution < 1.29 is 19.8 Å². The summed E-state index contributed by atoms with van der Waals surface area (Å²) in [4.78, 5) is 22.9. The molecule has 1 aromatic rings. The molecule has 0 heterocycles. The predicted molar refractivity (Wildman–Crippen MR) is 52.7 cm³/mol. The Morgan fingerprint density at radius 3 is 2.33 bits per heavy atom. The maximum absolute atomic E-state index is 11.5. The Hall–Kier alpha value is -2.10. The Morgan fingerprint density at radius 2 is 1.67 bits per heavy atom. The van der Waals surface area contributed by atoms with Gasteiger partial charge in [-0.2, -0.15) is 0 Å². The molecule has 1 aromatic carbocycles. The summed E-state index contributed by atoms with van der Waals surface area (Å²) in [5.74, 6) is -1.66. The molecule has 4 heteroatoms. The van der Waals surface area contributed by atoms with E-state index in [0.717, 1.165) is 0 Å². The van der Waals surface area contributed by atoms with Crippen LogP contribution in [0.5, 0.6) is 5.75 Å². The number of aliphatic hydroxyl groups is 1. The molecule has 0 bridgehead atoms. The van der Waals surface area contributed by atoms with E-state index in [1.165, 1.54) is 25.1 Å². The van der Waals surface area contributed by atoms with E-state index in [1.807, 2.05) is 0 Å². The average molecular weight is 204 g/mol. The van der Waals surface area contributed by atoms with Crippen molar-refractivity contribution in [1.29, 1.82) is 0 Å². The van der Waals surface area contributed by atoms with Gasteiger partial charge in [0.15, 0.2) is 0 Å². The maximum Gasteiger partial charge on any atom is 0.234 e. The molecule has 1 aliphatic rings. The number of aliphatic hydroxyl groups excluding tert-OH is 1. The van der Waals surface area contributed by atoms with Crippen LogP contribution in [0.3, 0.4) is 0 Å². The summed E-state index contributed by atoms with van der Waals surface area (Å²) in [6.07, 6.45) is 0. The molecule has 0 aliphatic heterocycles. The molecular formula is C11H8O4. The first-order valence-electron chi connectivity index (χ1n) is 4.34. The third kappa shape index (κ3) is 1.22. The van der Waals surface area contributed by atoms with Crippen LogP contribution in [0.1, 0.15) is 22.8 Å². The summed E-state index contributed by atoms with van der Waals surface area (Å²) in [6, 6.07) is 3.89. The number of allylic oxidation sites excluding steroid dienone is 1. The third-order valence-electron chi connectivity index (χ3n) is 2.40. The molecule has 15 heavy (non-hydrogen) atoms. The van der Waals surface area contributed by atoms with E-state index in [-0.39, 0.29) is 28.2 Å². The molecule has 1 aliphatic carbocycles. The minimum Gasteiger partial charge on any atom is -0.508 e. The second-order valence-corrected chi connectivity index (χ2v) is 3.36. The van der Waals surface area contributed by atoms with Crippen molar-refractivity contribution in [1.82, 2.24) is 0 Å². The number of carbonyl (C=O) groups is 2. The monoisotopic (exact) mass is 204 g/mol. The normalized spacial score (nSPS) is 15.5. The first-order valence-corrected chi connectivity index (χ1v) is 4.34. The number of phenolic OH excluding ortho intramolecular Hbond substituents is 1. The maximum atomic E-state index is 11.5. The number of Topliss-reactive ketones (excluding diaryl/α,β-unsaturated/α-hetero) is 2. The molecule has 4 nitrogen and oxygen atoms in total. The molecule has 0 spiro atoms. The smallest absolute Gasteiger partial charge is 0.234 e. The Labute approximate surface area is 85.5 Å². The highest BCUT2D eigenvalue weighted by Crippen LogP contribution is 2.29. The number of ketones is 2. The Kier molecular flexibility index (Phi) is 1.86. The van der Waals surface area contributed by atoms with Crippen LogP contribution in [0.4, 0.5) is 0 Å². The van der Waals surface area contributed by atoms with Crippen molar-refractivity contribution in [3.8, 4) is 5.75 Å². The quantitative estimate of drug-likeness (QED) is 0.627. The number of hydrogen-bond donors (Lipinski definition) is 2. The minimum atomic E-state index is -0.703. The number of benzene rings is 1. The summed E-state index contributed by atoms with van der Waals surface area (Å²) in [5.41, 5.74) is 0.344. The van der Waals surface area contributed by atoms with Crippen LogP contribution in [0.25, 0.3) is 5.76 Å². The summed E-state index contributed by atoms with van der Waals surface area (Å²) in [5, 5.41) is 18.9. The first kappa shape index (κ1) is 9.45. The van der Waals surface area contributed by atoms with Gasteiger partial charge in [0.2, 0.25) is 11.6 Å². The molecule has 0 aromatic heterocycles. The van der Waals surface area contributed by atoms with Crippen LogP contribution < -0.4 is 0 Å². The first-order chi connectivity index (χ1) is 7.02. The van der Waals surface area contributed by atoms with Gasteiger partial charge < -0.3 is 10.2 Å². The van der Waals surface area contributed by atoms with Crippen molar-refractivity contribution in [2.24, 2.45) is 0 Å². The zero-order chi connectivity index (χ0) is 11.2. The van der Waals surface area contributed by atoms with Gasteiger partial charge in [-0.15, -0.1) is 0 Å². The van der Waals surface area contributed by atoms with Gasteiger partial charge in [-0.3, -0.25) is 9.59 Å². The largest absolute Gasteiger partial charge is 0.508 e. The second kappa shape index (κ2) is 2.95. The molecule has 0 saturated heterocycles. The van der Waals surface area contributed by atoms with E-state index >= 15 is 0 Å². The lowest BCUT2D eigenvalue weighted by Crippen LogP contribution is -2.22. The highest BCUT2D eigenvalue weighted by Gasteiger charge is 2.30. The Morgan fingerprint density at radius 1 is 1.00 bits per heavy atom. The van der Waals surface area contributed by atoms with Crippen LogP contribution in [0.2, 0.25) is 0 Å². The minimum absolute atomic E-state index is 0.0121. The van der Waals surface area contributed by atoms with Crippen molar-refractivity contribution in [3.05, 3.63) is 34.9 Å². The molecule has 0 radical (unpaired) electrons. The van der Waals surface area contributed by atoms with Gasteiger partial charge in [0.1, 0.15) is 11.5 Å². The highest BCUT2D eigenvalue weighted by atomic mass is 16.3. The van der Waals surface area contributed by atoms with Crippen LogP contribution in [0, 0.1) is 0 Å². The van der Waals surface area contributed by atoms with Gasteiger partial charge in [-0.25, -0.2) is 0 Å². The zero-order valence-electron chi connectivity index (χ0n) is 7.94. The molecule has 2 N–H and O–H groups in total. The van der Waals surface area contributed by atoms with E-state index in [0.29, 0.717) is 0 Å². The van der Waals surface area contributed by atoms with Crippen molar-refractivity contribution in [2.75, 3.05) is 0 Å². The van der Waals surface area contributed by atoms with Crippen molar-refractivity contribution in [3.63, 3.8) is 0 Å². The lowest BCUT2D eigenvalue weighted by molar-refractivity contribution is -0.111. The van der Waals surface area contributed by atoms with Crippen molar-refractivity contribution in [2.45, 2.75) is 6.92 Å². The molecule has 2 rings (SSSR count). The van der Waals surface area contributed by atoms with Gasteiger partial charge in [0, 0.05) is 16.7 Å². The molecule has 76 valence electrons. The van der Waals surface area contributed by atoms with Crippen LogP contribution in [0.15, 0.2) is 23.8 Å². The van der Waals surface area contributed by atoms with E-state index < -0.39 is 11.6 Å². The average Bonchev–Trinajstić information content (AvgIpc) is 2.23. The molecule has 0 atom stereocenters. The molecular weight excluding hydrogens is 196 g/mol. The fourth-order valence-electron chi connectivity index (χ4n) is 1.53. The van der Waals surface area contributed by atoms with Crippen LogP contribution >= 0.6 is 0 Å². The number of rotatable bonds is 0. The van der Waals surface area contributed by atoms with E-state index in [1.54, 1.807) is 0 Å². The molecule has 0 fully saturated rings. The number of hydrogen-bond acceptors (Lipinski definition) is 4. The summed E-state index contributed by atoms with van der Waals surface area (Å²) in [7, 11) is 0. The Balaban J connectivity index is 2.78. The molecule has 0 unspecified atom stereocenters. The standard InChI is InChI=1S/C11H8O4/c1-5-9(13)8-4-6(12)2-3-7(8)11(15)10(5)14/h2-4,12-13H,1H3. The van der Waals surface area contributed by atoms with E-state index in [9.17, 15) is 19.8 Å². The lowest BCUT2D eigenvalue weighted by Gasteiger charge is -2.15. The van der Waals surface area contributed by atoms with Gasteiger partial charge in [0.25, 0.3) is 0 Å². The lowest BCUT2D eigenvalue weighted by atomic mass is 9.89. The van der Waals surface area contributed by atoms with Crippen molar-refractivity contribution >= 4 is 17.3 Å². The molecule has 0 saturated carbocycles. The summed E-state index contributed by atoms with van der Waals surface area (Å²) < 4.78 is 0.